The van der Waals surface area contributed by atoms with Gasteiger partial charge in [-0.15, -0.1) is 11.8 Å². The minimum absolute atomic E-state index is 0.0295. The summed E-state index contributed by atoms with van der Waals surface area (Å²) < 4.78 is 0. The molecule has 1 amide bonds. The van der Waals surface area contributed by atoms with Gasteiger partial charge in [0.25, 0.3) is 0 Å². The van der Waals surface area contributed by atoms with E-state index in [0.29, 0.717) is 5.75 Å². The van der Waals surface area contributed by atoms with Crippen LogP contribution in [-0.4, -0.2) is 11.7 Å². The van der Waals surface area contributed by atoms with Crippen LogP contribution >= 0.6 is 11.8 Å². The normalized spacial score (nSPS) is 11.3. The summed E-state index contributed by atoms with van der Waals surface area (Å²) in [7, 11) is 0. The van der Waals surface area contributed by atoms with Gasteiger partial charge in [-0.3, -0.25) is 4.79 Å². The molecule has 0 aliphatic rings. The largest absolute Gasteiger partial charge is 0.325 e. The lowest BCUT2D eigenvalue weighted by Crippen LogP contribution is -2.15. The summed E-state index contributed by atoms with van der Waals surface area (Å²) in [5.74, 6) is 0.448. The molecule has 122 valence electrons. The monoisotopic (exact) mass is 327 g/mol. The first kappa shape index (κ1) is 17.6. The Hall–Kier alpha value is -1.74. The minimum Gasteiger partial charge on any atom is -0.325 e. The van der Waals surface area contributed by atoms with E-state index in [2.05, 4.69) is 63.3 Å². The van der Waals surface area contributed by atoms with Gasteiger partial charge >= 0.3 is 0 Å². The van der Waals surface area contributed by atoms with Crippen LogP contribution in [0.2, 0.25) is 0 Å². The Balaban J connectivity index is 1.91. The highest BCUT2D eigenvalue weighted by Gasteiger charge is 2.13. The molecule has 0 saturated carbocycles. The molecule has 0 aromatic heterocycles. The second kappa shape index (κ2) is 7.22. The average Bonchev–Trinajstić information content (AvgIpc) is 2.47. The fourth-order valence-electron chi connectivity index (χ4n) is 2.34. The maximum absolute atomic E-state index is 12.1. The number of aryl methyl sites for hydroxylation is 2. The fraction of sp³-hybridized carbons (Fsp3) is 0.350. The Kier molecular flexibility index (Phi) is 5.53. The first-order valence-corrected chi connectivity index (χ1v) is 8.85. The molecule has 0 spiro atoms. The van der Waals surface area contributed by atoms with Gasteiger partial charge in [-0.2, -0.15) is 0 Å². The number of carbonyl (C=O) groups is 1. The number of benzene rings is 2. The van der Waals surface area contributed by atoms with Gasteiger partial charge in [-0.05, 0) is 48.6 Å². The molecule has 2 aromatic carbocycles. The quantitative estimate of drug-likeness (QED) is 0.769. The van der Waals surface area contributed by atoms with Crippen molar-refractivity contribution in [3.8, 4) is 0 Å². The van der Waals surface area contributed by atoms with Gasteiger partial charge in [0.15, 0.2) is 0 Å². The van der Waals surface area contributed by atoms with Crippen molar-refractivity contribution in [1.82, 2.24) is 0 Å². The minimum atomic E-state index is 0.0295. The Bertz CT molecular complexity index is 684. The molecule has 0 heterocycles. The van der Waals surface area contributed by atoms with E-state index >= 15 is 0 Å². The van der Waals surface area contributed by atoms with E-state index in [4.69, 9.17) is 0 Å². The van der Waals surface area contributed by atoms with Crippen LogP contribution < -0.4 is 5.32 Å². The van der Waals surface area contributed by atoms with Crippen molar-refractivity contribution >= 4 is 23.4 Å². The number of rotatable bonds is 4. The zero-order valence-corrected chi connectivity index (χ0v) is 15.4. The first-order chi connectivity index (χ1) is 10.8. The molecule has 0 unspecified atom stereocenters. The molecule has 0 saturated heterocycles. The number of anilines is 1. The standard InChI is InChI=1S/C20H25NOS/c1-14-6-11-18(15(2)12-14)21-19(22)13-23-17-9-7-16(8-10-17)20(3,4)5/h6-12H,13H2,1-5H3,(H,21,22). The molecule has 2 nitrogen and oxygen atoms in total. The summed E-state index contributed by atoms with van der Waals surface area (Å²) >= 11 is 1.56. The van der Waals surface area contributed by atoms with Crippen molar-refractivity contribution in [2.45, 2.75) is 44.9 Å². The van der Waals surface area contributed by atoms with Gasteiger partial charge < -0.3 is 5.32 Å². The van der Waals surface area contributed by atoms with E-state index < -0.39 is 0 Å². The zero-order chi connectivity index (χ0) is 17.0. The summed E-state index contributed by atoms with van der Waals surface area (Å²) in [5, 5.41) is 2.98. The third kappa shape index (κ3) is 5.14. The maximum Gasteiger partial charge on any atom is 0.234 e. The van der Waals surface area contributed by atoms with Gasteiger partial charge in [0.1, 0.15) is 0 Å². The van der Waals surface area contributed by atoms with Crippen molar-refractivity contribution < 1.29 is 4.79 Å². The number of carbonyl (C=O) groups excluding carboxylic acids is 1. The van der Waals surface area contributed by atoms with Crippen molar-refractivity contribution in [3.63, 3.8) is 0 Å². The van der Waals surface area contributed by atoms with E-state index in [1.807, 2.05) is 19.1 Å². The molecule has 0 radical (unpaired) electrons. The van der Waals surface area contributed by atoms with E-state index in [1.54, 1.807) is 11.8 Å². The Morgan fingerprint density at radius 3 is 2.26 bits per heavy atom. The van der Waals surface area contributed by atoms with Gasteiger partial charge in [0.2, 0.25) is 5.91 Å². The predicted octanol–water partition coefficient (Wildman–Crippen LogP) is 5.33. The van der Waals surface area contributed by atoms with Crippen LogP contribution in [0.1, 0.15) is 37.5 Å². The Morgan fingerprint density at radius 1 is 1.04 bits per heavy atom. The van der Waals surface area contributed by atoms with Crippen molar-refractivity contribution in [3.05, 3.63) is 59.2 Å². The van der Waals surface area contributed by atoms with E-state index in [0.717, 1.165) is 16.1 Å². The summed E-state index contributed by atoms with van der Waals surface area (Å²) in [4.78, 5) is 13.2. The highest BCUT2D eigenvalue weighted by molar-refractivity contribution is 8.00. The lowest BCUT2D eigenvalue weighted by atomic mass is 9.87. The molecule has 1 N–H and O–H groups in total. The highest BCUT2D eigenvalue weighted by Crippen LogP contribution is 2.26. The Labute approximate surface area is 143 Å². The zero-order valence-electron chi connectivity index (χ0n) is 14.6. The van der Waals surface area contributed by atoms with Gasteiger partial charge in [-0.25, -0.2) is 0 Å². The van der Waals surface area contributed by atoms with E-state index in [-0.39, 0.29) is 11.3 Å². The molecule has 0 atom stereocenters. The van der Waals surface area contributed by atoms with Crippen LogP contribution in [0.4, 0.5) is 5.69 Å². The van der Waals surface area contributed by atoms with Gasteiger partial charge in [0.05, 0.1) is 5.75 Å². The molecule has 2 aromatic rings. The molecule has 0 bridgehead atoms. The fourth-order valence-corrected chi connectivity index (χ4v) is 3.04. The van der Waals surface area contributed by atoms with Crippen LogP contribution in [0, 0.1) is 13.8 Å². The van der Waals surface area contributed by atoms with Crippen molar-refractivity contribution in [1.29, 1.82) is 0 Å². The summed E-state index contributed by atoms with van der Waals surface area (Å²) in [6.45, 7) is 10.7. The van der Waals surface area contributed by atoms with E-state index in [9.17, 15) is 4.79 Å². The van der Waals surface area contributed by atoms with Gasteiger partial charge in [0, 0.05) is 10.6 Å². The van der Waals surface area contributed by atoms with Crippen LogP contribution in [0.25, 0.3) is 0 Å². The third-order valence-electron chi connectivity index (χ3n) is 3.75. The summed E-state index contributed by atoms with van der Waals surface area (Å²) in [5.41, 5.74) is 4.65. The topological polar surface area (TPSA) is 29.1 Å². The molecule has 2 rings (SSSR count). The van der Waals surface area contributed by atoms with Crippen LogP contribution in [0.15, 0.2) is 47.4 Å². The first-order valence-electron chi connectivity index (χ1n) is 7.86. The number of nitrogens with one attached hydrogen (secondary N) is 1. The maximum atomic E-state index is 12.1. The lowest BCUT2D eigenvalue weighted by Gasteiger charge is -2.19. The second-order valence-corrected chi connectivity index (χ2v) is 7.98. The smallest absolute Gasteiger partial charge is 0.234 e. The predicted molar refractivity (Wildman–Crippen MR) is 100 cm³/mol. The molecule has 3 heteroatoms. The van der Waals surface area contributed by atoms with Crippen LogP contribution in [0.3, 0.4) is 0 Å². The summed E-state index contributed by atoms with van der Waals surface area (Å²) in [6.07, 6.45) is 0. The molecule has 23 heavy (non-hydrogen) atoms. The van der Waals surface area contributed by atoms with Crippen molar-refractivity contribution in [2.75, 3.05) is 11.1 Å². The average molecular weight is 327 g/mol. The molecular weight excluding hydrogens is 302 g/mol. The molecule has 0 fully saturated rings. The highest BCUT2D eigenvalue weighted by atomic mass is 32.2. The van der Waals surface area contributed by atoms with Gasteiger partial charge in [-0.1, -0.05) is 50.6 Å². The molecule has 0 aliphatic carbocycles. The SMILES string of the molecule is Cc1ccc(NC(=O)CSc2ccc(C(C)(C)C)cc2)c(C)c1. The third-order valence-corrected chi connectivity index (χ3v) is 4.76. The van der Waals surface area contributed by atoms with Crippen LogP contribution in [-0.2, 0) is 10.2 Å². The number of hydrogen-bond donors (Lipinski definition) is 1. The van der Waals surface area contributed by atoms with Crippen LogP contribution in [0.5, 0.6) is 0 Å². The lowest BCUT2D eigenvalue weighted by molar-refractivity contribution is -0.113. The summed E-state index contributed by atoms with van der Waals surface area (Å²) in [6, 6.07) is 14.5. The molecular formula is C20H25NOS. The Morgan fingerprint density at radius 2 is 1.70 bits per heavy atom. The second-order valence-electron chi connectivity index (χ2n) is 6.93. The van der Waals surface area contributed by atoms with E-state index in [1.165, 1.54) is 11.1 Å². The number of thioether (sulfide) groups is 1. The molecule has 0 aliphatic heterocycles. The number of amides is 1. The van der Waals surface area contributed by atoms with Crippen molar-refractivity contribution in [2.24, 2.45) is 0 Å². The number of hydrogen-bond acceptors (Lipinski definition) is 2.